The Balaban J connectivity index is 0.000000396. The van der Waals surface area contributed by atoms with Gasteiger partial charge in [-0.25, -0.2) is 4.39 Å². The molecule has 0 heterocycles. The van der Waals surface area contributed by atoms with Crippen LogP contribution in [0.1, 0.15) is 20.8 Å². The molecule has 20 heavy (non-hydrogen) atoms. The fourth-order valence-corrected chi connectivity index (χ4v) is 2.47. The van der Waals surface area contributed by atoms with Crippen molar-refractivity contribution in [2.24, 2.45) is 0 Å². The molecule has 0 spiro atoms. The van der Waals surface area contributed by atoms with Gasteiger partial charge in [-0.05, 0) is 54.9 Å². The Bertz CT molecular complexity index is 385. The third-order valence-corrected chi connectivity index (χ3v) is 3.91. The zero-order chi connectivity index (χ0) is 15.4. The molecule has 1 aromatic rings. The summed E-state index contributed by atoms with van der Waals surface area (Å²) in [5.41, 5.74) is 0. The highest BCUT2D eigenvalue weighted by Gasteiger charge is 2.01. The lowest BCUT2D eigenvalue weighted by molar-refractivity contribution is -0.123. The monoisotopic (exact) mass is 366 g/mol. The normalized spacial score (nSPS) is 10.1. The van der Waals surface area contributed by atoms with E-state index in [9.17, 15) is 9.18 Å². The molecule has 0 atom stereocenters. The zero-order valence-corrected chi connectivity index (χ0v) is 14.3. The van der Waals surface area contributed by atoms with Crippen LogP contribution in [0, 0.1) is 5.82 Å². The van der Waals surface area contributed by atoms with E-state index in [2.05, 4.69) is 15.9 Å². The van der Waals surface area contributed by atoms with E-state index in [0.29, 0.717) is 5.75 Å². The van der Waals surface area contributed by atoms with Crippen LogP contribution in [0.15, 0.2) is 27.6 Å². The minimum Gasteiger partial charge on any atom is -0.353 e. The molecule has 1 aromatic carbocycles. The number of benzene rings is 1. The van der Waals surface area contributed by atoms with Crippen molar-refractivity contribution in [3.63, 3.8) is 0 Å². The number of carbonyl (C=O) groups excluding carboxylic acids is 1. The van der Waals surface area contributed by atoms with Gasteiger partial charge < -0.3 is 14.3 Å². The summed E-state index contributed by atoms with van der Waals surface area (Å²) in [6, 6.07) is 4.40. The maximum absolute atomic E-state index is 12.7. The number of aldehydes is 1. The molecule has 114 valence electrons. The van der Waals surface area contributed by atoms with E-state index < -0.39 is 0 Å². The average Bonchev–Trinajstić information content (AvgIpc) is 2.41. The van der Waals surface area contributed by atoms with Gasteiger partial charge in [-0.1, -0.05) is 0 Å². The second-order valence-corrected chi connectivity index (χ2v) is 5.45. The van der Waals surface area contributed by atoms with E-state index in [1.54, 1.807) is 6.07 Å². The summed E-state index contributed by atoms with van der Waals surface area (Å²) in [7, 11) is 0. The highest BCUT2D eigenvalue weighted by molar-refractivity contribution is 9.10. The molecule has 0 bridgehead atoms. The molecule has 0 saturated carbocycles. The van der Waals surface area contributed by atoms with E-state index in [1.165, 1.54) is 23.9 Å². The Morgan fingerprint density at radius 2 is 1.95 bits per heavy atom. The summed E-state index contributed by atoms with van der Waals surface area (Å²) in [5.74, 6) is 0.0637. The van der Waals surface area contributed by atoms with Gasteiger partial charge in [-0.2, -0.15) is 0 Å². The van der Waals surface area contributed by atoms with Gasteiger partial charge >= 0.3 is 0 Å². The van der Waals surface area contributed by atoms with Gasteiger partial charge in [-0.15, -0.1) is 11.8 Å². The highest BCUT2D eigenvalue weighted by Crippen LogP contribution is 2.27. The third-order valence-electron chi connectivity index (χ3n) is 2.00. The van der Waals surface area contributed by atoms with Crippen LogP contribution in [0.3, 0.4) is 0 Å². The Kier molecular flexibility index (Phi) is 12.1. The largest absolute Gasteiger partial charge is 0.353 e. The second-order valence-electron chi connectivity index (χ2n) is 3.53. The number of hydrogen-bond acceptors (Lipinski definition) is 4. The van der Waals surface area contributed by atoms with E-state index in [4.69, 9.17) is 9.47 Å². The number of carbonyl (C=O) groups is 1. The smallest absolute Gasteiger partial charge is 0.154 e. The fourth-order valence-electron chi connectivity index (χ4n) is 1.23. The minimum absolute atomic E-state index is 0.0370. The van der Waals surface area contributed by atoms with Crippen molar-refractivity contribution < 1.29 is 18.7 Å². The van der Waals surface area contributed by atoms with Crippen LogP contribution < -0.4 is 0 Å². The van der Waals surface area contributed by atoms with Crippen molar-refractivity contribution in [3.8, 4) is 0 Å². The zero-order valence-electron chi connectivity index (χ0n) is 11.9. The van der Waals surface area contributed by atoms with Crippen LogP contribution in [0.25, 0.3) is 0 Å². The molecule has 0 amide bonds. The van der Waals surface area contributed by atoms with Crippen molar-refractivity contribution in [3.05, 3.63) is 28.5 Å². The van der Waals surface area contributed by atoms with Gasteiger partial charge in [0.25, 0.3) is 0 Å². The number of thioether (sulfide) groups is 1. The molecule has 0 unspecified atom stereocenters. The second kappa shape index (κ2) is 12.3. The molecule has 0 aliphatic carbocycles. The molecule has 1 rings (SSSR count). The highest BCUT2D eigenvalue weighted by atomic mass is 79.9. The Morgan fingerprint density at radius 1 is 1.35 bits per heavy atom. The predicted molar refractivity (Wildman–Crippen MR) is 83.6 cm³/mol. The predicted octanol–water partition coefficient (Wildman–Crippen LogP) is 4.28. The molecule has 3 nitrogen and oxygen atoms in total. The van der Waals surface area contributed by atoms with Gasteiger partial charge in [-0.3, -0.25) is 0 Å². The Hall–Kier alpha value is -0.430. The van der Waals surface area contributed by atoms with Crippen LogP contribution in [0.2, 0.25) is 0 Å². The van der Waals surface area contributed by atoms with Crippen molar-refractivity contribution in [2.45, 2.75) is 32.0 Å². The van der Waals surface area contributed by atoms with Gasteiger partial charge in [0.15, 0.2) is 6.29 Å². The molecule has 0 aromatic heterocycles. The van der Waals surface area contributed by atoms with Crippen LogP contribution in [-0.4, -0.2) is 31.5 Å². The van der Waals surface area contributed by atoms with Gasteiger partial charge in [0.05, 0.1) is 5.75 Å². The lowest BCUT2D eigenvalue weighted by atomic mass is 10.3. The summed E-state index contributed by atoms with van der Waals surface area (Å²) in [6.07, 6.45) is 0.757. The molecule has 0 aliphatic heterocycles. The molecule has 0 aliphatic rings. The van der Waals surface area contributed by atoms with Crippen molar-refractivity contribution in [1.29, 1.82) is 0 Å². The summed E-state index contributed by atoms with van der Waals surface area (Å²) in [6.45, 7) is 7.25. The molecule has 6 heteroatoms. The van der Waals surface area contributed by atoms with Crippen LogP contribution in [-0.2, 0) is 14.3 Å². The van der Waals surface area contributed by atoms with Crippen LogP contribution in [0.4, 0.5) is 4.39 Å². The Morgan fingerprint density at radius 3 is 2.45 bits per heavy atom. The van der Waals surface area contributed by atoms with Crippen molar-refractivity contribution >= 4 is 34.0 Å². The van der Waals surface area contributed by atoms with Crippen molar-refractivity contribution in [2.75, 3.05) is 19.0 Å². The van der Waals surface area contributed by atoms with Gasteiger partial charge in [0, 0.05) is 22.6 Å². The molecule has 0 N–H and O–H groups in total. The lowest BCUT2D eigenvalue weighted by Crippen LogP contribution is -2.11. The molecule has 0 radical (unpaired) electrons. The molecular formula is C14H20BrFO3S. The number of rotatable bonds is 7. The van der Waals surface area contributed by atoms with E-state index in [0.717, 1.165) is 28.9 Å². The summed E-state index contributed by atoms with van der Waals surface area (Å²) in [4.78, 5) is 10.8. The Labute approximate surface area is 132 Å². The fraction of sp³-hybridized carbons (Fsp3) is 0.500. The van der Waals surface area contributed by atoms with E-state index in [1.807, 2.05) is 20.8 Å². The van der Waals surface area contributed by atoms with Gasteiger partial charge in [0.2, 0.25) is 0 Å². The molecule has 0 saturated heterocycles. The van der Waals surface area contributed by atoms with E-state index in [-0.39, 0.29) is 12.1 Å². The minimum atomic E-state index is -0.286. The first-order valence-electron chi connectivity index (χ1n) is 6.29. The van der Waals surface area contributed by atoms with Crippen molar-refractivity contribution in [1.82, 2.24) is 0 Å². The topological polar surface area (TPSA) is 35.5 Å². The summed E-state index contributed by atoms with van der Waals surface area (Å²) >= 11 is 4.56. The quantitative estimate of drug-likeness (QED) is 0.409. The lowest BCUT2D eigenvalue weighted by Gasteiger charge is -2.09. The summed E-state index contributed by atoms with van der Waals surface area (Å²) in [5, 5.41) is 0. The number of hydrogen-bond donors (Lipinski definition) is 0. The number of ether oxygens (including phenoxy) is 2. The first kappa shape index (κ1) is 19.6. The first-order chi connectivity index (χ1) is 9.54. The third kappa shape index (κ3) is 9.47. The molecular weight excluding hydrogens is 347 g/mol. The molecule has 0 fully saturated rings. The van der Waals surface area contributed by atoms with Crippen LogP contribution >= 0.6 is 27.7 Å². The standard InChI is InChI=1S/C8H6BrFOS.C6H14O2/c9-7-2-1-6(10)5-8(7)12-4-3-11;1-4-7-6(3)8-5-2/h1-3,5H,4H2;6H,4-5H2,1-3H3. The SMILES string of the molecule is CCOC(C)OCC.O=CCSc1cc(F)ccc1Br. The number of halogens is 2. The summed E-state index contributed by atoms with van der Waals surface area (Å²) < 4.78 is 23.6. The maximum Gasteiger partial charge on any atom is 0.154 e. The van der Waals surface area contributed by atoms with Gasteiger partial charge in [0.1, 0.15) is 12.1 Å². The maximum atomic E-state index is 12.7. The van der Waals surface area contributed by atoms with E-state index >= 15 is 0 Å². The average molecular weight is 367 g/mol. The first-order valence-corrected chi connectivity index (χ1v) is 8.07. The van der Waals surface area contributed by atoms with Crippen LogP contribution in [0.5, 0.6) is 0 Å².